The predicted molar refractivity (Wildman–Crippen MR) is 177 cm³/mol. The third-order valence-corrected chi connectivity index (χ3v) is 9.17. The van der Waals surface area contributed by atoms with Crippen molar-refractivity contribution in [3.63, 3.8) is 0 Å². The van der Waals surface area contributed by atoms with Crippen LogP contribution in [-0.4, -0.2) is 32.6 Å². The lowest BCUT2D eigenvalue weighted by molar-refractivity contribution is -0.153. The van der Waals surface area contributed by atoms with Crippen LogP contribution in [0.2, 0.25) is 10.0 Å². The number of halogens is 2. The molecule has 1 N–H and O–H groups in total. The summed E-state index contributed by atoms with van der Waals surface area (Å²) in [7, 11) is -1.26. The van der Waals surface area contributed by atoms with Crippen molar-refractivity contribution in [1.82, 2.24) is 14.6 Å². The van der Waals surface area contributed by atoms with E-state index in [1.54, 1.807) is 6.20 Å². The van der Waals surface area contributed by atoms with Crippen molar-refractivity contribution in [2.75, 3.05) is 6.54 Å². The Balaban J connectivity index is 0.000000465. The molecule has 2 unspecified atom stereocenters. The Kier molecular flexibility index (Phi) is 13.7. The van der Waals surface area contributed by atoms with Crippen molar-refractivity contribution in [3.8, 4) is 0 Å². The van der Waals surface area contributed by atoms with E-state index in [0.29, 0.717) is 29.7 Å². The zero-order valence-electron chi connectivity index (χ0n) is 24.8. The van der Waals surface area contributed by atoms with Gasteiger partial charge in [0.15, 0.2) is 0 Å². The molecule has 3 aromatic rings. The van der Waals surface area contributed by atoms with Crippen LogP contribution >= 0.6 is 23.2 Å². The van der Waals surface area contributed by atoms with Crippen LogP contribution in [0, 0.1) is 11.3 Å². The molecule has 2 fully saturated rings. The van der Waals surface area contributed by atoms with E-state index < -0.39 is 16.4 Å². The van der Waals surface area contributed by atoms with Crippen molar-refractivity contribution in [2.45, 2.75) is 70.7 Å². The summed E-state index contributed by atoms with van der Waals surface area (Å²) in [5, 5.41) is 1.48. The quantitative estimate of drug-likeness (QED) is 0.229. The highest BCUT2D eigenvalue weighted by Gasteiger charge is 2.49. The number of likely N-dealkylation sites (tertiary alicyclic amines) is 1. The molecule has 2 aromatic carbocycles. The number of hydrogen-bond acceptors (Lipinski definition) is 3. The summed E-state index contributed by atoms with van der Waals surface area (Å²) in [6.07, 6.45) is 8.11. The molecular weight excluding hydrogens is 585 g/mol. The number of nitrogens with zero attached hydrogens (tertiary/aromatic N) is 2. The van der Waals surface area contributed by atoms with E-state index >= 15 is 0 Å². The highest BCUT2D eigenvalue weighted by Crippen LogP contribution is 2.47. The van der Waals surface area contributed by atoms with Gasteiger partial charge in [0.05, 0.1) is 33.9 Å². The minimum absolute atomic E-state index is 0.00435. The van der Waals surface area contributed by atoms with Crippen LogP contribution in [0.4, 0.5) is 0 Å². The van der Waals surface area contributed by atoms with Crippen LogP contribution in [0.1, 0.15) is 70.2 Å². The number of aromatic nitrogens is 1. The number of nitrogens with one attached hydrogen (secondary N) is 1. The molecule has 0 spiro atoms. The monoisotopic (exact) mass is 627 g/mol. The van der Waals surface area contributed by atoms with Crippen molar-refractivity contribution in [2.24, 2.45) is 11.3 Å². The lowest BCUT2D eigenvalue weighted by Gasteiger charge is -2.48. The van der Waals surface area contributed by atoms with Gasteiger partial charge in [-0.25, -0.2) is 8.93 Å². The molecule has 0 bridgehead atoms. The molecule has 42 heavy (non-hydrogen) atoms. The van der Waals surface area contributed by atoms with Gasteiger partial charge in [0.25, 0.3) is 0 Å². The van der Waals surface area contributed by atoms with Gasteiger partial charge in [0.2, 0.25) is 5.91 Å². The lowest BCUT2D eigenvalue weighted by atomic mass is 9.74. The number of carbonyl (C=O) groups is 1. The van der Waals surface area contributed by atoms with Gasteiger partial charge in [-0.3, -0.25) is 9.78 Å². The molecule has 5 nitrogen and oxygen atoms in total. The van der Waals surface area contributed by atoms with Crippen molar-refractivity contribution < 1.29 is 9.00 Å². The molecule has 2 heterocycles. The van der Waals surface area contributed by atoms with Crippen LogP contribution in [-0.2, 0) is 21.5 Å². The van der Waals surface area contributed by atoms with E-state index in [1.807, 2.05) is 92.7 Å². The van der Waals surface area contributed by atoms with E-state index in [0.717, 1.165) is 42.0 Å². The second-order valence-electron chi connectivity index (χ2n) is 10.7. The summed E-state index contributed by atoms with van der Waals surface area (Å²) in [5.41, 5.74) is 1.44. The van der Waals surface area contributed by atoms with Gasteiger partial charge in [-0.15, -0.1) is 6.58 Å². The van der Waals surface area contributed by atoms with Gasteiger partial charge >= 0.3 is 0 Å². The fourth-order valence-electron chi connectivity index (χ4n) is 5.29. The minimum Gasteiger partial charge on any atom is -0.331 e. The zero-order chi connectivity index (χ0) is 30.5. The third kappa shape index (κ3) is 9.77. The number of carbonyl (C=O) groups excluding carboxylic acids is 1. The highest BCUT2D eigenvalue weighted by atomic mass is 35.5. The normalized spacial score (nSPS) is 21.2. The standard InChI is InChI=1S/C26H32ClN3O2S.C6H5Cl.C2H6/c1-3-14-26(2)15-13-23(19-9-11-21(27)12-10-19)30(25(26)31)24(20-7-8-20)17-29-33(32)18-22-6-4-5-16-28-22;7-6-4-2-1-3-5-6;1-2/h3-6,9-12,16,20,23-24,29H,1,7-8,13-15,17-18H2,2H3;1-5H;1-2H3/t23-,24?,26-,33?;;/m0../s1. The minimum atomic E-state index is -1.26. The van der Waals surface area contributed by atoms with Crippen LogP contribution in [0.25, 0.3) is 0 Å². The molecule has 1 amide bonds. The van der Waals surface area contributed by atoms with E-state index in [9.17, 15) is 9.00 Å². The Morgan fingerprint density at radius 2 is 1.67 bits per heavy atom. The Hall–Kier alpha value is -2.51. The second-order valence-corrected chi connectivity index (χ2v) is 12.9. The van der Waals surface area contributed by atoms with E-state index in [-0.39, 0.29) is 18.0 Å². The summed E-state index contributed by atoms with van der Waals surface area (Å²) in [6.45, 7) is 10.5. The smallest absolute Gasteiger partial charge is 0.229 e. The van der Waals surface area contributed by atoms with E-state index in [2.05, 4.69) is 28.1 Å². The van der Waals surface area contributed by atoms with Gasteiger partial charge in [0, 0.05) is 28.8 Å². The summed E-state index contributed by atoms with van der Waals surface area (Å²) >= 11 is 11.7. The maximum atomic E-state index is 13.9. The fourth-order valence-corrected chi connectivity index (χ4v) is 6.46. The average Bonchev–Trinajstić information content (AvgIpc) is 3.84. The largest absolute Gasteiger partial charge is 0.331 e. The first kappa shape index (κ1) is 34.0. The topological polar surface area (TPSA) is 62.3 Å². The summed E-state index contributed by atoms with van der Waals surface area (Å²) in [4.78, 5) is 20.3. The van der Waals surface area contributed by atoms with Crippen molar-refractivity contribution in [3.05, 3.63) is 113 Å². The molecule has 1 saturated heterocycles. The van der Waals surface area contributed by atoms with Gasteiger partial charge in [-0.1, -0.05) is 86.4 Å². The van der Waals surface area contributed by atoms with Crippen LogP contribution in [0.5, 0.6) is 0 Å². The molecule has 0 radical (unpaired) electrons. The Morgan fingerprint density at radius 1 is 1.02 bits per heavy atom. The maximum Gasteiger partial charge on any atom is 0.229 e. The first-order valence-electron chi connectivity index (χ1n) is 14.7. The molecule has 226 valence electrons. The number of piperidine rings is 1. The zero-order valence-corrected chi connectivity index (χ0v) is 27.2. The highest BCUT2D eigenvalue weighted by molar-refractivity contribution is 7.82. The maximum absolute atomic E-state index is 13.9. The molecule has 1 aliphatic carbocycles. The molecule has 4 atom stereocenters. The summed E-state index contributed by atoms with van der Waals surface area (Å²) in [6, 6.07) is 22.9. The van der Waals surface area contributed by atoms with Crippen molar-refractivity contribution in [1.29, 1.82) is 0 Å². The molecule has 2 aliphatic rings. The molecule has 1 aliphatic heterocycles. The summed E-state index contributed by atoms with van der Waals surface area (Å²) < 4.78 is 16.0. The van der Waals surface area contributed by atoms with Crippen LogP contribution < -0.4 is 4.72 Å². The molecule has 8 heteroatoms. The SMILES string of the molecule is C=CC[C@@]1(C)CC[C@@H](c2ccc(Cl)cc2)N(C(CNS(=O)Cc2ccccn2)C2CC2)C1=O.CC.Clc1ccccc1. The van der Waals surface area contributed by atoms with Crippen molar-refractivity contribution >= 4 is 40.1 Å². The van der Waals surface area contributed by atoms with Gasteiger partial charge in [-0.05, 0) is 80.0 Å². The van der Waals surface area contributed by atoms with Crippen LogP contribution in [0.3, 0.4) is 0 Å². The lowest BCUT2D eigenvalue weighted by Crippen LogP contribution is -2.56. The molecule has 1 saturated carbocycles. The van der Waals surface area contributed by atoms with Crippen LogP contribution in [0.15, 0.2) is 91.6 Å². The second kappa shape index (κ2) is 17.0. The molecular formula is C34H43Cl2N3O2S. The van der Waals surface area contributed by atoms with Gasteiger partial charge in [0.1, 0.15) is 0 Å². The number of rotatable bonds is 10. The predicted octanol–water partition coefficient (Wildman–Crippen LogP) is 8.58. The summed E-state index contributed by atoms with van der Waals surface area (Å²) in [5.74, 6) is 0.943. The Bertz CT molecular complexity index is 1270. The first-order chi connectivity index (χ1) is 20.3. The van der Waals surface area contributed by atoms with E-state index in [4.69, 9.17) is 23.2 Å². The fraction of sp³-hybridized carbons (Fsp3) is 0.412. The Labute approximate surface area is 264 Å². The number of pyridine rings is 1. The first-order valence-corrected chi connectivity index (χ1v) is 16.8. The third-order valence-electron chi connectivity index (χ3n) is 7.62. The average molecular weight is 629 g/mol. The number of amides is 1. The number of benzene rings is 2. The number of allylic oxidation sites excluding steroid dienone is 1. The number of hydrogen-bond donors (Lipinski definition) is 1. The molecule has 1 aromatic heterocycles. The Morgan fingerprint density at radius 3 is 2.21 bits per heavy atom. The van der Waals surface area contributed by atoms with E-state index in [1.165, 1.54) is 0 Å². The molecule has 5 rings (SSSR count). The van der Waals surface area contributed by atoms with Gasteiger partial charge in [-0.2, -0.15) is 0 Å². The van der Waals surface area contributed by atoms with Gasteiger partial charge < -0.3 is 4.90 Å².